The van der Waals surface area contributed by atoms with Crippen molar-refractivity contribution in [3.05, 3.63) is 59.7 Å². The number of carbonyl (C=O) groups is 4. The van der Waals surface area contributed by atoms with Crippen LogP contribution in [0.15, 0.2) is 53.6 Å². The molecule has 0 spiro atoms. The number of hydrogen-bond acceptors (Lipinski definition) is 6. The van der Waals surface area contributed by atoms with Crippen LogP contribution in [0.2, 0.25) is 0 Å². The van der Waals surface area contributed by atoms with E-state index in [1.807, 2.05) is 42.5 Å². The Bertz CT molecular complexity index is 1200. The van der Waals surface area contributed by atoms with Crippen LogP contribution in [0.5, 0.6) is 0 Å². The zero-order valence-electron chi connectivity index (χ0n) is 21.9. The summed E-state index contributed by atoms with van der Waals surface area (Å²) in [6.45, 7) is 7.32. The first kappa shape index (κ1) is 27.8. The molecule has 5 atom stereocenters. The maximum absolute atomic E-state index is 14.0. The number of carboxylic acids is 1. The van der Waals surface area contributed by atoms with Gasteiger partial charge in [0.05, 0.1) is 11.2 Å². The second kappa shape index (κ2) is 11.3. The molecule has 0 bridgehead atoms. The second-order valence-electron chi connectivity index (χ2n) is 10.7. The van der Waals surface area contributed by atoms with Gasteiger partial charge < -0.3 is 10.4 Å². The van der Waals surface area contributed by atoms with Gasteiger partial charge in [-0.15, -0.1) is 0 Å². The Morgan fingerprint density at radius 1 is 1.29 bits per heavy atom. The molecule has 1 aromatic rings. The fourth-order valence-corrected chi connectivity index (χ4v) is 7.05. The van der Waals surface area contributed by atoms with E-state index in [2.05, 4.69) is 30.0 Å². The molecule has 3 aliphatic rings. The van der Waals surface area contributed by atoms with Gasteiger partial charge >= 0.3 is 5.97 Å². The number of carboxylic acid groups (broad SMARTS) is 1. The van der Waals surface area contributed by atoms with Crippen molar-refractivity contribution in [2.45, 2.75) is 69.3 Å². The number of hydrogen-bond donors (Lipinski definition) is 2. The molecule has 2 N–H and O–H groups in total. The fraction of sp³-hybridized carbons (Fsp3) is 0.483. The van der Waals surface area contributed by atoms with Crippen molar-refractivity contribution in [3.63, 3.8) is 0 Å². The van der Waals surface area contributed by atoms with Crippen LogP contribution in [0.25, 0.3) is 0 Å². The number of thioether (sulfide) groups is 1. The van der Waals surface area contributed by atoms with E-state index in [-0.39, 0.29) is 28.9 Å². The van der Waals surface area contributed by atoms with Crippen molar-refractivity contribution in [1.82, 2.24) is 10.2 Å². The zero-order chi connectivity index (χ0) is 27.5. The van der Waals surface area contributed by atoms with E-state index in [0.717, 1.165) is 29.3 Å². The number of piperidine rings is 1. The Balaban J connectivity index is 1.60. The quantitative estimate of drug-likeness (QED) is 0.487. The van der Waals surface area contributed by atoms with E-state index in [1.165, 1.54) is 11.8 Å². The highest BCUT2D eigenvalue weighted by atomic mass is 32.2. The minimum atomic E-state index is -1.16. The summed E-state index contributed by atoms with van der Waals surface area (Å²) in [5.74, 6) is -2.42. The smallest absolute Gasteiger partial charge is 0.326 e. The van der Waals surface area contributed by atoms with Gasteiger partial charge in [-0.2, -0.15) is 0 Å². The number of benzene rings is 1. The third-order valence-electron chi connectivity index (χ3n) is 7.87. The third-order valence-corrected chi connectivity index (χ3v) is 8.86. The lowest BCUT2D eigenvalue weighted by Gasteiger charge is -2.47. The number of carbonyl (C=O) groups excluding carboxylic acids is 3. The van der Waals surface area contributed by atoms with Crippen LogP contribution in [-0.2, 0) is 31.3 Å². The molecule has 202 valence electrons. The summed E-state index contributed by atoms with van der Waals surface area (Å²) < 4.78 is 0. The SMILES string of the molecule is C=N[C@]12CCC[C@@H](C(=O)O)N1C(=O)[C@@H](CNC(=O)[C@H](CC1(C)C=CC=CC1)SC(C)=O)Cc1ccccc12. The van der Waals surface area contributed by atoms with Gasteiger partial charge in [0, 0.05) is 19.0 Å². The molecule has 1 saturated heterocycles. The Labute approximate surface area is 227 Å². The van der Waals surface area contributed by atoms with Crippen LogP contribution < -0.4 is 5.32 Å². The molecule has 1 unspecified atom stereocenters. The first-order valence-corrected chi connectivity index (χ1v) is 13.9. The summed E-state index contributed by atoms with van der Waals surface area (Å²) in [5.41, 5.74) is 0.269. The molecule has 38 heavy (non-hydrogen) atoms. The predicted molar refractivity (Wildman–Crippen MR) is 148 cm³/mol. The molecule has 1 aromatic carbocycles. The van der Waals surface area contributed by atoms with Crippen LogP contribution in [0.1, 0.15) is 57.1 Å². The van der Waals surface area contributed by atoms with Crippen molar-refractivity contribution in [1.29, 1.82) is 0 Å². The van der Waals surface area contributed by atoms with E-state index in [1.54, 1.807) is 0 Å². The molecule has 9 heteroatoms. The zero-order valence-corrected chi connectivity index (χ0v) is 22.7. The highest BCUT2D eigenvalue weighted by Crippen LogP contribution is 2.46. The number of nitrogens with one attached hydrogen (secondary N) is 1. The minimum absolute atomic E-state index is 0.0312. The third kappa shape index (κ3) is 5.48. The second-order valence-corrected chi connectivity index (χ2v) is 12.1. The van der Waals surface area contributed by atoms with E-state index in [0.29, 0.717) is 32.1 Å². The lowest BCUT2D eigenvalue weighted by atomic mass is 9.79. The molecule has 8 nitrogen and oxygen atoms in total. The van der Waals surface area contributed by atoms with Gasteiger partial charge in [-0.3, -0.25) is 24.3 Å². The van der Waals surface area contributed by atoms with Gasteiger partial charge in [0.15, 0.2) is 10.8 Å². The monoisotopic (exact) mass is 537 g/mol. The lowest BCUT2D eigenvalue weighted by molar-refractivity contribution is -0.163. The Kier molecular flexibility index (Phi) is 8.25. The molecular weight excluding hydrogens is 502 g/mol. The van der Waals surface area contributed by atoms with Gasteiger partial charge in [0.25, 0.3) is 0 Å². The van der Waals surface area contributed by atoms with Crippen LogP contribution in [0.3, 0.4) is 0 Å². The molecule has 2 heterocycles. The Hall–Kier alpha value is -3.20. The summed E-state index contributed by atoms with van der Waals surface area (Å²) in [6.07, 6.45) is 11.0. The number of fused-ring (bicyclic) bond motifs is 3. The summed E-state index contributed by atoms with van der Waals surface area (Å²) in [7, 11) is 0. The average molecular weight is 538 g/mol. The maximum Gasteiger partial charge on any atom is 0.326 e. The van der Waals surface area contributed by atoms with Gasteiger partial charge in [0.2, 0.25) is 11.8 Å². The highest BCUT2D eigenvalue weighted by Gasteiger charge is 2.53. The summed E-state index contributed by atoms with van der Waals surface area (Å²) >= 11 is 1.00. The summed E-state index contributed by atoms with van der Waals surface area (Å²) in [4.78, 5) is 57.4. The molecule has 1 fully saturated rings. The van der Waals surface area contributed by atoms with Gasteiger partial charge in [-0.05, 0) is 56.2 Å². The van der Waals surface area contributed by atoms with Crippen molar-refractivity contribution in [3.8, 4) is 0 Å². The first-order valence-electron chi connectivity index (χ1n) is 13.0. The first-order chi connectivity index (χ1) is 18.1. The van der Waals surface area contributed by atoms with Crippen molar-refractivity contribution in [2.24, 2.45) is 16.3 Å². The molecule has 2 aliphatic heterocycles. The van der Waals surface area contributed by atoms with Crippen LogP contribution in [0, 0.1) is 11.3 Å². The topological polar surface area (TPSA) is 116 Å². The number of aliphatic imine (C=N–C) groups is 1. The molecule has 4 rings (SSSR count). The molecule has 0 saturated carbocycles. The molecule has 1 aliphatic carbocycles. The summed E-state index contributed by atoms with van der Waals surface area (Å²) in [6, 6.07) is 6.53. The average Bonchev–Trinajstić information content (AvgIpc) is 2.99. The van der Waals surface area contributed by atoms with E-state index >= 15 is 0 Å². The number of aliphatic carboxylic acids is 1. The van der Waals surface area contributed by atoms with E-state index < -0.39 is 28.8 Å². The standard InChI is InChI=1S/C29H35N3O5S/c1-19(33)38-24(17-28(2)13-7-4-8-14-28)25(34)31-18-21-16-20-10-5-6-11-22(20)29(30-3)15-9-12-23(27(36)37)32(29)26(21)35/h4-8,10-11,13,21,23-24H,3,9,12,14-18H2,1-2H3,(H,31,34)(H,36,37)/t21-,23+,24+,28?,29-/m1/s1. The Morgan fingerprint density at radius 3 is 2.71 bits per heavy atom. The van der Waals surface area contributed by atoms with Gasteiger partial charge in [-0.1, -0.05) is 67.3 Å². The normalized spacial score (nSPS) is 29.0. The van der Waals surface area contributed by atoms with E-state index in [9.17, 15) is 24.3 Å². The number of allylic oxidation sites excluding steroid dienone is 4. The van der Waals surface area contributed by atoms with Crippen molar-refractivity contribution < 1.29 is 24.3 Å². The van der Waals surface area contributed by atoms with Crippen LogP contribution >= 0.6 is 11.8 Å². The molecule has 0 radical (unpaired) electrons. The van der Waals surface area contributed by atoms with Crippen molar-refractivity contribution in [2.75, 3.05) is 6.54 Å². The van der Waals surface area contributed by atoms with E-state index in [4.69, 9.17) is 0 Å². The molecular formula is C29H35N3O5S. The number of amides is 2. The van der Waals surface area contributed by atoms with Crippen LogP contribution in [-0.4, -0.2) is 57.5 Å². The summed E-state index contributed by atoms with van der Waals surface area (Å²) in [5, 5.41) is 12.2. The number of rotatable bonds is 8. The van der Waals surface area contributed by atoms with Gasteiger partial charge in [0.1, 0.15) is 6.04 Å². The Morgan fingerprint density at radius 2 is 2.05 bits per heavy atom. The minimum Gasteiger partial charge on any atom is -0.480 e. The lowest BCUT2D eigenvalue weighted by Crippen LogP contribution is -2.60. The largest absolute Gasteiger partial charge is 0.480 e. The molecule has 0 aromatic heterocycles. The van der Waals surface area contributed by atoms with Crippen molar-refractivity contribution >= 4 is 41.4 Å². The van der Waals surface area contributed by atoms with Crippen LogP contribution in [0.4, 0.5) is 0 Å². The predicted octanol–water partition coefficient (Wildman–Crippen LogP) is 3.86. The maximum atomic E-state index is 14.0. The number of nitrogens with zero attached hydrogens (tertiary/aromatic N) is 2. The molecule has 2 amide bonds. The van der Waals surface area contributed by atoms with Gasteiger partial charge in [-0.25, -0.2) is 4.79 Å². The fourth-order valence-electron chi connectivity index (χ4n) is 5.99. The highest BCUT2D eigenvalue weighted by molar-refractivity contribution is 8.14.